The molecule has 5 nitrogen and oxygen atoms in total. The molecule has 0 fully saturated rings. The lowest BCUT2D eigenvalue weighted by Gasteiger charge is -2.15. The lowest BCUT2D eigenvalue weighted by molar-refractivity contribution is 0.237. The molecule has 0 bridgehead atoms. The third kappa shape index (κ3) is 4.76. The summed E-state index contributed by atoms with van der Waals surface area (Å²) in [5.74, 6) is 1.79. The van der Waals surface area contributed by atoms with E-state index >= 15 is 0 Å². The van der Waals surface area contributed by atoms with E-state index in [-0.39, 0.29) is 12.1 Å². The molecule has 0 saturated carbocycles. The first-order chi connectivity index (χ1) is 11.0. The largest absolute Gasteiger partial charge is 0.361 e. The van der Waals surface area contributed by atoms with Crippen molar-refractivity contribution >= 4 is 17.8 Å². The molecule has 0 radical (unpaired) electrons. The van der Waals surface area contributed by atoms with Gasteiger partial charge in [-0.2, -0.15) is 0 Å². The highest BCUT2D eigenvalue weighted by Crippen LogP contribution is 2.20. The van der Waals surface area contributed by atoms with Gasteiger partial charge in [0, 0.05) is 17.0 Å². The van der Waals surface area contributed by atoms with Gasteiger partial charge in [-0.05, 0) is 44.2 Å². The summed E-state index contributed by atoms with van der Waals surface area (Å²) < 4.78 is 5.09. The van der Waals surface area contributed by atoms with E-state index in [1.54, 1.807) is 11.8 Å². The van der Waals surface area contributed by atoms with Crippen molar-refractivity contribution in [2.45, 2.75) is 45.2 Å². The summed E-state index contributed by atoms with van der Waals surface area (Å²) in [4.78, 5) is 13.3. The molecule has 1 atom stereocenters. The Kier molecular flexibility index (Phi) is 6.10. The van der Waals surface area contributed by atoms with E-state index in [1.807, 2.05) is 20.8 Å². The van der Waals surface area contributed by atoms with E-state index < -0.39 is 0 Å². The van der Waals surface area contributed by atoms with Crippen molar-refractivity contribution in [2.24, 2.45) is 0 Å². The molecule has 2 rings (SSSR count). The Hall–Kier alpha value is -1.95. The van der Waals surface area contributed by atoms with Crippen molar-refractivity contribution in [3.05, 3.63) is 46.8 Å². The summed E-state index contributed by atoms with van der Waals surface area (Å²) in [6, 6.07) is 8.02. The van der Waals surface area contributed by atoms with Crippen LogP contribution in [0, 0.1) is 13.8 Å². The Morgan fingerprint density at radius 2 is 2.00 bits per heavy atom. The normalized spacial score (nSPS) is 12.0. The number of thioether (sulfide) groups is 1. The maximum absolute atomic E-state index is 12.0. The second-order valence-electron chi connectivity index (χ2n) is 5.35. The lowest BCUT2D eigenvalue weighted by atomic mass is 10.1. The van der Waals surface area contributed by atoms with Gasteiger partial charge < -0.3 is 15.2 Å². The van der Waals surface area contributed by atoms with Gasteiger partial charge in [0.25, 0.3) is 0 Å². The van der Waals surface area contributed by atoms with Gasteiger partial charge in [0.15, 0.2) is 0 Å². The van der Waals surface area contributed by atoms with Gasteiger partial charge in [0.1, 0.15) is 5.76 Å². The number of urea groups is 1. The molecule has 0 unspecified atom stereocenters. The van der Waals surface area contributed by atoms with Crippen molar-refractivity contribution < 1.29 is 9.32 Å². The first-order valence-corrected chi connectivity index (χ1v) is 8.68. The zero-order valence-corrected chi connectivity index (χ0v) is 14.8. The molecule has 1 aromatic heterocycles. The van der Waals surface area contributed by atoms with E-state index in [0.717, 1.165) is 28.3 Å². The number of nitrogens with one attached hydrogen (secondary N) is 2. The van der Waals surface area contributed by atoms with Crippen molar-refractivity contribution in [1.29, 1.82) is 0 Å². The number of carbonyl (C=O) groups is 1. The van der Waals surface area contributed by atoms with E-state index in [0.29, 0.717) is 6.54 Å². The molecule has 0 saturated heterocycles. The summed E-state index contributed by atoms with van der Waals surface area (Å²) in [5, 5.41) is 9.66. The number of rotatable bonds is 6. The standard InChI is InChI=1S/C17H23N3O2S/c1-5-23-15-8-6-14(7-9-15)11(2)19-17(21)18-10-16-12(3)20-22-13(16)4/h6-9,11H,5,10H2,1-4H3,(H2,18,19,21)/t11-/m1/s1. The van der Waals surface area contributed by atoms with Crippen molar-refractivity contribution in [2.75, 3.05) is 5.75 Å². The molecule has 2 amide bonds. The number of benzene rings is 1. The van der Waals surface area contributed by atoms with Crippen molar-refractivity contribution in [3.8, 4) is 0 Å². The molecule has 2 aromatic rings. The number of amides is 2. The first kappa shape index (κ1) is 17.4. The molecular formula is C17H23N3O2S. The number of nitrogens with zero attached hydrogens (tertiary/aromatic N) is 1. The molecule has 23 heavy (non-hydrogen) atoms. The van der Waals surface area contributed by atoms with Gasteiger partial charge in [-0.3, -0.25) is 0 Å². The van der Waals surface area contributed by atoms with Crippen LogP contribution in [0.25, 0.3) is 0 Å². The summed E-state index contributed by atoms with van der Waals surface area (Å²) in [6.45, 7) is 8.21. The average Bonchev–Trinajstić information content (AvgIpc) is 2.85. The van der Waals surface area contributed by atoms with Crippen LogP contribution in [0.2, 0.25) is 0 Å². The number of aryl methyl sites for hydroxylation is 2. The monoisotopic (exact) mass is 333 g/mol. The summed E-state index contributed by atoms with van der Waals surface area (Å²) >= 11 is 1.80. The second kappa shape index (κ2) is 8.06. The van der Waals surface area contributed by atoms with Gasteiger partial charge in [0.2, 0.25) is 0 Å². The van der Waals surface area contributed by atoms with Crippen LogP contribution in [0.5, 0.6) is 0 Å². The molecule has 124 valence electrons. The zero-order chi connectivity index (χ0) is 16.8. The van der Waals surface area contributed by atoms with Crippen LogP contribution in [0.4, 0.5) is 4.79 Å². The number of hydrogen-bond acceptors (Lipinski definition) is 4. The van der Waals surface area contributed by atoms with Crippen LogP contribution in [-0.4, -0.2) is 16.9 Å². The van der Waals surface area contributed by atoms with Crippen molar-refractivity contribution in [3.63, 3.8) is 0 Å². The maximum Gasteiger partial charge on any atom is 0.315 e. The summed E-state index contributed by atoms with van der Waals surface area (Å²) in [5.41, 5.74) is 2.81. The van der Waals surface area contributed by atoms with Crippen molar-refractivity contribution in [1.82, 2.24) is 15.8 Å². The fraction of sp³-hybridized carbons (Fsp3) is 0.412. The van der Waals surface area contributed by atoms with E-state index in [2.05, 4.69) is 47.0 Å². The van der Waals surface area contributed by atoms with Crippen LogP contribution in [0.15, 0.2) is 33.7 Å². The Balaban J connectivity index is 1.87. The van der Waals surface area contributed by atoms with Gasteiger partial charge >= 0.3 is 6.03 Å². The molecule has 0 aliphatic heterocycles. The maximum atomic E-state index is 12.0. The van der Waals surface area contributed by atoms with E-state index in [4.69, 9.17) is 4.52 Å². The molecule has 1 heterocycles. The smallest absolute Gasteiger partial charge is 0.315 e. The van der Waals surface area contributed by atoms with Crippen LogP contribution in [0.1, 0.15) is 42.5 Å². The van der Waals surface area contributed by atoms with Crippen LogP contribution >= 0.6 is 11.8 Å². The first-order valence-electron chi connectivity index (χ1n) is 7.70. The zero-order valence-electron chi connectivity index (χ0n) is 14.0. The predicted molar refractivity (Wildman–Crippen MR) is 92.6 cm³/mol. The van der Waals surface area contributed by atoms with Gasteiger partial charge in [-0.15, -0.1) is 11.8 Å². The number of aromatic nitrogens is 1. The van der Waals surface area contributed by atoms with Crippen LogP contribution < -0.4 is 10.6 Å². The van der Waals surface area contributed by atoms with Gasteiger partial charge in [-0.1, -0.05) is 24.2 Å². The molecule has 2 N–H and O–H groups in total. The molecule has 0 spiro atoms. The second-order valence-corrected chi connectivity index (χ2v) is 6.69. The fourth-order valence-corrected chi connectivity index (χ4v) is 2.94. The lowest BCUT2D eigenvalue weighted by Crippen LogP contribution is -2.36. The highest BCUT2D eigenvalue weighted by Gasteiger charge is 2.12. The SMILES string of the molecule is CCSc1ccc([C@@H](C)NC(=O)NCc2c(C)noc2C)cc1. The minimum Gasteiger partial charge on any atom is -0.361 e. The summed E-state index contributed by atoms with van der Waals surface area (Å²) in [7, 11) is 0. The predicted octanol–water partition coefficient (Wildman–Crippen LogP) is 3.96. The van der Waals surface area contributed by atoms with E-state index in [9.17, 15) is 4.79 Å². The fourth-order valence-electron chi connectivity index (χ4n) is 2.27. The molecular weight excluding hydrogens is 310 g/mol. The topological polar surface area (TPSA) is 67.2 Å². The quantitative estimate of drug-likeness (QED) is 0.785. The Morgan fingerprint density at radius 3 is 2.57 bits per heavy atom. The highest BCUT2D eigenvalue weighted by atomic mass is 32.2. The summed E-state index contributed by atoms with van der Waals surface area (Å²) in [6.07, 6.45) is 0. The molecule has 6 heteroatoms. The Morgan fingerprint density at radius 1 is 1.30 bits per heavy atom. The van der Waals surface area contributed by atoms with Crippen LogP contribution in [-0.2, 0) is 6.54 Å². The average molecular weight is 333 g/mol. The minimum absolute atomic E-state index is 0.0552. The number of carbonyl (C=O) groups excluding carboxylic acids is 1. The third-order valence-corrected chi connectivity index (χ3v) is 4.54. The number of hydrogen-bond donors (Lipinski definition) is 2. The molecule has 0 aliphatic carbocycles. The van der Waals surface area contributed by atoms with Crippen LogP contribution in [0.3, 0.4) is 0 Å². The Bertz CT molecular complexity index is 633. The third-order valence-electron chi connectivity index (χ3n) is 3.65. The molecule has 1 aromatic carbocycles. The highest BCUT2D eigenvalue weighted by molar-refractivity contribution is 7.99. The van der Waals surface area contributed by atoms with Gasteiger partial charge in [0.05, 0.1) is 11.7 Å². The van der Waals surface area contributed by atoms with E-state index in [1.165, 1.54) is 4.90 Å². The van der Waals surface area contributed by atoms with Gasteiger partial charge in [-0.25, -0.2) is 4.79 Å². The minimum atomic E-state index is -0.204. The Labute approximate surface area is 141 Å². The molecule has 0 aliphatic rings.